The van der Waals surface area contributed by atoms with Crippen LogP contribution in [0.25, 0.3) is 22.3 Å². The lowest BCUT2D eigenvalue weighted by Crippen LogP contribution is -1.92. The number of hydrogen-bond acceptors (Lipinski definition) is 3. The van der Waals surface area contributed by atoms with Crippen molar-refractivity contribution in [3.63, 3.8) is 0 Å². The van der Waals surface area contributed by atoms with E-state index in [9.17, 15) is 9.59 Å². The van der Waals surface area contributed by atoms with Crippen molar-refractivity contribution in [2.24, 2.45) is 0 Å². The molecule has 3 aromatic rings. The van der Waals surface area contributed by atoms with E-state index in [2.05, 4.69) is 0 Å². The molecule has 3 heteroatoms. The van der Waals surface area contributed by atoms with Gasteiger partial charge in [0.15, 0.2) is 0 Å². The molecular weight excluding hydrogens is 286 g/mol. The average Bonchev–Trinajstić information content (AvgIpc) is 2.62. The first-order valence-electron chi connectivity index (χ1n) is 7.22. The zero-order valence-corrected chi connectivity index (χ0v) is 12.4. The van der Waals surface area contributed by atoms with E-state index in [1.165, 1.54) is 0 Å². The van der Waals surface area contributed by atoms with Crippen LogP contribution >= 0.6 is 0 Å². The number of carbonyl (C=O) groups excluding carboxylic acids is 2. The Morgan fingerprint density at radius 3 is 1.57 bits per heavy atom. The van der Waals surface area contributed by atoms with E-state index in [-0.39, 0.29) is 0 Å². The highest BCUT2D eigenvalue weighted by Gasteiger charge is 2.06. The zero-order valence-electron chi connectivity index (χ0n) is 12.4. The van der Waals surface area contributed by atoms with Gasteiger partial charge in [-0.05, 0) is 22.8 Å². The standard InChI is InChI=1S/C20H15NO2/c21-20-11-18(16-5-1-14(12-22)2-6-16)9-10-19(20)17-7-3-15(13-23)4-8-17/h1-13H,21H2. The van der Waals surface area contributed by atoms with Gasteiger partial charge in [0, 0.05) is 22.4 Å². The van der Waals surface area contributed by atoms with Gasteiger partial charge in [0.2, 0.25) is 0 Å². The van der Waals surface area contributed by atoms with Gasteiger partial charge in [0.1, 0.15) is 12.6 Å². The van der Waals surface area contributed by atoms with E-state index in [0.717, 1.165) is 34.8 Å². The van der Waals surface area contributed by atoms with E-state index in [0.29, 0.717) is 16.8 Å². The molecule has 3 nitrogen and oxygen atoms in total. The van der Waals surface area contributed by atoms with Crippen LogP contribution in [0.2, 0.25) is 0 Å². The van der Waals surface area contributed by atoms with Crippen molar-refractivity contribution < 1.29 is 9.59 Å². The molecule has 0 aliphatic rings. The Balaban J connectivity index is 1.95. The largest absolute Gasteiger partial charge is 0.398 e. The summed E-state index contributed by atoms with van der Waals surface area (Å²) in [6, 6.07) is 20.6. The van der Waals surface area contributed by atoms with Gasteiger partial charge >= 0.3 is 0 Å². The minimum absolute atomic E-state index is 0.638. The van der Waals surface area contributed by atoms with Crippen LogP contribution < -0.4 is 5.73 Å². The van der Waals surface area contributed by atoms with Crippen molar-refractivity contribution in [3.8, 4) is 22.3 Å². The molecule has 23 heavy (non-hydrogen) atoms. The molecule has 0 bridgehead atoms. The lowest BCUT2D eigenvalue weighted by Gasteiger charge is -2.09. The fourth-order valence-electron chi connectivity index (χ4n) is 2.50. The monoisotopic (exact) mass is 301 g/mol. The molecule has 0 unspecified atom stereocenters. The highest BCUT2D eigenvalue weighted by Crippen LogP contribution is 2.30. The number of benzene rings is 3. The summed E-state index contributed by atoms with van der Waals surface area (Å²) in [5.41, 5.74) is 12.0. The Hall–Kier alpha value is -3.20. The maximum Gasteiger partial charge on any atom is 0.150 e. The Morgan fingerprint density at radius 2 is 1.09 bits per heavy atom. The summed E-state index contributed by atoms with van der Waals surface area (Å²) in [5, 5.41) is 0. The molecule has 3 rings (SSSR count). The van der Waals surface area contributed by atoms with Crippen molar-refractivity contribution in [2.75, 3.05) is 5.73 Å². The lowest BCUT2D eigenvalue weighted by atomic mass is 9.97. The molecule has 0 aromatic heterocycles. The smallest absolute Gasteiger partial charge is 0.150 e. The third kappa shape index (κ3) is 3.04. The maximum atomic E-state index is 10.7. The Kier molecular flexibility index (Phi) is 4.02. The number of nitrogens with two attached hydrogens (primary N) is 1. The lowest BCUT2D eigenvalue weighted by molar-refractivity contribution is 0.111. The second-order valence-corrected chi connectivity index (χ2v) is 5.28. The molecule has 0 atom stereocenters. The topological polar surface area (TPSA) is 60.2 Å². The molecule has 0 heterocycles. The Bertz CT molecular complexity index is 850. The molecule has 2 N–H and O–H groups in total. The highest BCUT2D eigenvalue weighted by atomic mass is 16.1. The quantitative estimate of drug-likeness (QED) is 0.579. The average molecular weight is 301 g/mol. The van der Waals surface area contributed by atoms with Crippen molar-refractivity contribution in [2.45, 2.75) is 0 Å². The first-order valence-corrected chi connectivity index (χ1v) is 7.22. The fourth-order valence-corrected chi connectivity index (χ4v) is 2.50. The number of anilines is 1. The van der Waals surface area contributed by atoms with Gasteiger partial charge in [-0.2, -0.15) is 0 Å². The predicted octanol–water partition coefficient (Wildman–Crippen LogP) is 4.23. The van der Waals surface area contributed by atoms with Crippen LogP contribution in [-0.4, -0.2) is 12.6 Å². The highest BCUT2D eigenvalue weighted by molar-refractivity contribution is 5.84. The van der Waals surface area contributed by atoms with Crippen LogP contribution in [0, 0.1) is 0 Å². The zero-order chi connectivity index (χ0) is 16.2. The van der Waals surface area contributed by atoms with Gasteiger partial charge in [-0.25, -0.2) is 0 Å². The Morgan fingerprint density at radius 1 is 0.609 bits per heavy atom. The fraction of sp³-hybridized carbons (Fsp3) is 0. The van der Waals surface area contributed by atoms with E-state index >= 15 is 0 Å². The number of carbonyl (C=O) groups is 2. The number of nitrogen functional groups attached to an aromatic ring is 1. The number of aldehydes is 2. The summed E-state index contributed by atoms with van der Waals surface area (Å²) in [7, 11) is 0. The van der Waals surface area contributed by atoms with Crippen molar-refractivity contribution in [3.05, 3.63) is 77.9 Å². The molecule has 0 spiro atoms. The van der Waals surface area contributed by atoms with E-state index in [4.69, 9.17) is 5.73 Å². The predicted molar refractivity (Wildman–Crippen MR) is 92.5 cm³/mol. The molecular formula is C20H15NO2. The molecule has 3 aromatic carbocycles. The summed E-state index contributed by atoms with van der Waals surface area (Å²) < 4.78 is 0. The van der Waals surface area contributed by atoms with Crippen LogP contribution in [0.15, 0.2) is 66.7 Å². The van der Waals surface area contributed by atoms with Crippen LogP contribution in [0.4, 0.5) is 5.69 Å². The molecule has 0 saturated carbocycles. The normalized spacial score (nSPS) is 10.3. The third-order valence-corrected chi connectivity index (χ3v) is 3.79. The summed E-state index contributed by atoms with van der Waals surface area (Å²) in [5.74, 6) is 0. The van der Waals surface area contributed by atoms with Crippen LogP contribution in [0.3, 0.4) is 0 Å². The van der Waals surface area contributed by atoms with E-state index in [1.54, 1.807) is 24.3 Å². The maximum absolute atomic E-state index is 10.7. The molecule has 0 fully saturated rings. The third-order valence-electron chi connectivity index (χ3n) is 3.79. The van der Waals surface area contributed by atoms with Gasteiger partial charge in [-0.3, -0.25) is 9.59 Å². The second kappa shape index (κ2) is 6.28. The van der Waals surface area contributed by atoms with Gasteiger partial charge in [0.25, 0.3) is 0 Å². The molecule has 0 aliphatic heterocycles. The molecule has 0 saturated heterocycles. The van der Waals surface area contributed by atoms with Crippen LogP contribution in [0.5, 0.6) is 0 Å². The van der Waals surface area contributed by atoms with Crippen LogP contribution in [0.1, 0.15) is 20.7 Å². The Labute approximate surface area is 134 Å². The second-order valence-electron chi connectivity index (χ2n) is 5.28. The van der Waals surface area contributed by atoms with Crippen molar-refractivity contribution >= 4 is 18.3 Å². The van der Waals surface area contributed by atoms with Crippen molar-refractivity contribution in [1.29, 1.82) is 0 Å². The summed E-state index contributed by atoms with van der Waals surface area (Å²) >= 11 is 0. The first-order chi connectivity index (χ1) is 11.2. The van der Waals surface area contributed by atoms with E-state index in [1.807, 2.05) is 42.5 Å². The summed E-state index contributed by atoms with van der Waals surface area (Å²) in [6.45, 7) is 0. The molecule has 0 radical (unpaired) electrons. The minimum atomic E-state index is 0.638. The number of rotatable bonds is 4. The van der Waals surface area contributed by atoms with Gasteiger partial charge < -0.3 is 5.73 Å². The number of hydrogen-bond donors (Lipinski definition) is 1. The summed E-state index contributed by atoms with van der Waals surface area (Å²) in [4.78, 5) is 21.4. The molecule has 112 valence electrons. The van der Waals surface area contributed by atoms with Crippen LogP contribution in [-0.2, 0) is 0 Å². The molecule has 0 aliphatic carbocycles. The van der Waals surface area contributed by atoms with E-state index < -0.39 is 0 Å². The minimum Gasteiger partial charge on any atom is -0.398 e. The van der Waals surface area contributed by atoms with Gasteiger partial charge in [0.05, 0.1) is 0 Å². The SMILES string of the molecule is Nc1cc(-c2ccc(C=O)cc2)ccc1-c1ccc(C=O)cc1. The van der Waals surface area contributed by atoms with Gasteiger partial charge in [-0.15, -0.1) is 0 Å². The van der Waals surface area contributed by atoms with Crippen molar-refractivity contribution in [1.82, 2.24) is 0 Å². The van der Waals surface area contributed by atoms with Gasteiger partial charge in [-0.1, -0.05) is 60.7 Å². The first kappa shape index (κ1) is 14.7. The summed E-state index contributed by atoms with van der Waals surface area (Å²) in [6.07, 6.45) is 1.64. The molecule has 0 amide bonds.